The smallest absolute Gasteiger partial charge is 0.191 e. The van der Waals surface area contributed by atoms with Crippen LogP contribution in [0.5, 0.6) is 0 Å². The highest BCUT2D eigenvalue weighted by Crippen LogP contribution is 2.64. The van der Waals surface area contributed by atoms with E-state index in [0.717, 1.165) is 18.4 Å². The van der Waals surface area contributed by atoms with Crippen LogP contribution in [-0.4, -0.2) is 44.1 Å². The van der Waals surface area contributed by atoms with Crippen LogP contribution in [0, 0.1) is 16.7 Å². The van der Waals surface area contributed by atoms with Gasteiger partial charge in [-0.1, -0.05) is 77.1 Å². The normalized spacial score (nSPS) is 35.2. The van der Waals surface area contributed by atoms with Crippen LogP contribution in [0.1, 0.15) is 72.2 Å². The van der Waals surface area contributed by atoms with E-state index in [9.17, 15) is 9.90 Å². The summed E-state index contributed by atoms with van der Waals surface area (Å²) >= 11 is 0. The molecule has 2 aliphatic carbocycles. The minimum Gasteiger partial charge on any atom is -0.417 e. The first-order valence-electron chi connectivity index (χ1n) is 13.1. The van der Waals surface area contributed by atoms with Crippen molar-refractivity contribution in [3.05, 3.63) is 48.0 Å². The molecular formula is C29H44O5Si. The Morgan fingerprint density at radius 3 is 2.43 bits per heavy atom. The molecule has 4 rings (SSSR count). The molecule has 1 saturated heterocycles. The van der Waals surface area contributed by atoms with Gasteiger partial charge in [-0.15, -0.1) is 0 Å². The van der Waals surface area contributed by atoms with Gasteiger partial charge in [0.1, 0.15) is 11.4 Å². The van der Waals surface area contributed by atoms with Crippen molar-refractivity contribution >= 4 is 14.1 Å². The van der Waals surface area contributed by atoms with Gasteiger partial charge in [0.15, 0.2) is 14.6 Å². The molecule has 6 heteroatoms. The third-order valence-corrected chi connectivity index (χ3v) is 14.2. The van der Waals surface area contributed by atoms with E-state index in [-0.39, 0.29) is 17.1 Å². The number of aliphatic hydroxyl groups is 1. The van der Waals surface area contributed by atoms with Crippen molar-refractivity contribution in [3.63, 3.8) is 0 Å². The summed E-state index contributed by atoms with van der Waals surface area (Å²) in [7, 11) is -1.93. The maximum absolute atomic E-state index is 13.0. The van der Waals surface area contributed by atoms with E-state index >= 15 is 0 Å². The predicted molar refractivity (Wildman–Crippen MR) is 140 cm³/mol. The van der Waals surface area contributed by atoms with Gasteiger partial charge in [-0.25, -0.2) is 0 Å². The Labute approximate surface area is 212 Å². The number of hydrogen-bond acceptors (Lipinski definition) is 5. The summed E-state index contributed by atoms with van der Waals surface area (Å²) in [6.07, 6.45) is 5.88. The number of carbonyl (C=O) groups excluding carboxylic acids is 1. The minimum absolute atomic E-state index is 0.0964. The molecule has 1 aliphatic heterocycles. The van der Waals surface area contributed by atoms with Gasteiger partial charge in [-0.3, -0.25) is 4.79 Å². The molecule has 1 aromatic carbocycles. The van der Waals surface area contributed by atoms with E-state index in [0.29, 0.717) is 31.1 Å². The molecule has 1 heterocycles. The van der Waals surface area contributed by atoms with Crippen LogP contribution in [0.2, 0.25) is 18.1 Å². The van der Waals surface area contributed by atoms with Crippen molar-refractivity contribution in [2.75, 3.05) is 13.2 Å². The number of ether oxygens (including phenoxy) is 2. The average Bonchev–Trinajstić information content (AvgIpc) is 3.14. The van der Waals surface area contributed by atoms with Crippen LogP contribution < -0.4 is 0 Å². The van der Waals surface area contributed by atoms with E-state index in [1.54, 1.807) is 0 Å². The van der Waals surface area contributed by atoms with Crippen LogP contribution in [0.4, 0.5) is 0 Å². The van der Waals surface area contributed by atoms with E-state index in [1.165, 1.54) is 0 Å². The zero-order valence-corrected chi connectivity index (χ0v) is 23.6. The van der Waals surface area contributed by atoms with Crippen LogP contribution >= 0.6 is 0 Å². The van der Waals surface area contributed by atoms with Gasteiger partial charge in [0.05, 0.1) is 18.1 Å². The van der Waals surface area contributed by atoms with Crippen LogP contribution in [0.25, 0.3) is 0 Å². The fourth-order valence-electron chi connectivity index (χ4n) is 5.89. The Morgan fingerprint density at radius 1 is 1.17 bits per heavy atom. The highest BCUT2D eigenvalue weighted by molar-refractivity contribution is 6.74. The van der Waals surface area contributed by atoms with Crippen molar-refractivity contribution in [3.8, 4) is 0 Å². The van der Waals surface area contributed by atoms with Crippen molar-refractivity contribution in [1.29, 1.82) is 0 Å². The van der Waals surface area contributed by atoms with Gasteiger partial charge in [0, 0.05) is 18.6 Å². The monoisotopic (exact) mass is 500 g/mol. The number of hydrogen-bond donors (Lipinski definition) is 1. The molecule has 5 nitrogen and oxygen atoms in total. The number of ketones is 1. The van der Waals surface area contributed by atoms with Gasteiger partial charge in [-0.05, 0) is 48.7 Å². The summed E-state index contributed by atoms with van der Waals surface area (Å²) in [4.78, 5) is 13.0. The lowest BCUT2D eigenvalue weighted by Gasteiger charge is -2.43. The van der Waals surface area contributed by atoms with Crippen molar-refractivity contribution < 1.29 is 23.8 Å². The number of rotatable bonds is 7. The van der Waals surface area contributed by atoms with Gasteiger partial charge >= 0.3 is 0 Å². The Morgan fingerprint density at radius 2 is 1.86 bits per heavy atom. The zero-order valence-electron chi connectivity index (χ0n) is 22.6. The first kappa shape index (κ1) is 26.7. The quantitative estimate of drug-likeness (QED) is 0.357. The van der Waals surface area contributed by atoms with Crippen molar-refractivity contribution in [1.82, 2.24) is 0 Å². The molecule has 0 spiro atoms. The number of Topliss-reactive ketones (excluding diaryl/α,β-unsaturated/α-hetero) is 1. The highest BCUT2D eigenvalue weighted by atomic mass is 28.4. The predicted octanol–water partition coefficient (Wildman–Crippen LogP) is 6.20. The van der Waals surface area contributed by atoms with Crippen molar-refractivity contribution in [2.24, 2.45) is 16.7 Å². The molecule has 0 radical (unpaired) electrons. The topological polar surface area (TPSA) is 65.0 Å². The lowest BCUT2D eigenvalue weighted by atomic mass is 9.68. The zero-order chi connectivity index (χ0) is 25.7. The molecule has 3 aliphatic rings. The lowest BCUT2D eigenvalue weighted by Crippen LogP contribution is -2.52. The van der Waals surface area contributed by atoms with Gasteiger partial charge in [0.2, 0.25) is 0 Å². The molecule has 0 unspecified atom stereocenters. The number of carbonyl (C=O) groups is 1. The standard InChI is InChI=1S/C29H44O5Si/c1-26(2,3)35(6,7)33-18-14-24-29(31,20-32-25(34-24)21-11-9-8-10-12-21)17-16-28-15-13-22(19-23(28)30)27(28,4)5/h8-12,16-17,22,24-25,31H,13-15,18-20H2,1-7H3/b17-16+/t22-,24+,25-,28-,29+/m1/s1. The van der Waals surface area contributed by atoms with Gasteiger partial charge in [0.25, 0.3) is 0 Å². The third kappa shape index (κ3) is 4.73. The van der Waals surface area contributed by atoms with E-state index < -0.39 is 31.7 Å². The maximum Gasteiger partial charge on any atom is 0.191 e. The number of fused-ring (bicyclic) bond motifs is 2. The minimum atomic E-state index is -1.93. The van der Waals surface area contributed by atoms with Crippen LogP contribution in [0.3, 0.4) is 0 Å². The molecule has 1 aromatic rings. The van der Waals surface area contributed by atoms with Crippen molar-refractivity contribution in [2.45, 2.75) is 96.4 Å². The average molecular weight is 501 g/mol. The van der Waals surface area contributed by atoms with E-state index in [1.807, 2.05) is 42.5 Å². The summed E-state index contributed by atoms with van der Waals surface area (Å²) in [6.45, 7) is 16.2. The fraction of sp³-hybridized carbons (Fsp3) is 0.690. The number of benzene rings is 1. The lowest BCUT2D eigenvalue weighted by molar-refractivity contribution is -0.282. The van der Waals surface area contributed by atoms with Gasteiger partial charge in [-0.2, -0.15) is 0 Å². The summed E-state index contributed by atoms with van der Waals surface area (Å²) in [5, 5.41) is 11.9. The van der Waals surface area contributed by atoms with E-state index in [2.05, 4.69) is 47.7 Å². The molecule has 0 aromatic heterocycles. The molecule has 5 atom stereocenters. The first-order valence-corrected chi connectivity index (χ1v) is 16.0. The summed E-state index contributed by atoms with van der Waals surface area (Å²) in [5.74, 6) is 0.723. The van der Waals surface area contributed by atoms with E-state index in [4.69, 9.17) is 13.9 Å². The molecule has 1 N–H and O–H groups in total. The maximum atomic E-state index is 13.0. The van der Waals surface area contributed by atoms with Crippen LogP contribution in [0.15, 0.2) is 42.5 Å². The number of allylic oxidation sites excluding steroid dienone is 1. The van der Waals surface area contributed by atoms with Gasteiger partial charge < -0.3 is 19.0 Å². The molecule has 194 valence electrons. The second-order valence-electron chi connectivity index (χ2n) is 13.0. The Hall–Kier alpha value is -1.31. The molecule has 35 heavy (non-hydrogen) atoms. The second kappa shape index (κ2) is 9.21. The SMILES string of the molecule is CC1(C)[C@@H]2CC[C@@]1(/C=C/[C@]1(O)CO[C@@H](c3ccccc3)O[C@H]1CCO[Si](C)(C)C(C)(C)C)C(=O)C2. The fourth-order valence-corrected chi connectivity index (χ4v) is 6.95. The Bertz CT molecular complexity index is 950. The third-order valence-electron chi connectivity index (χ3n) is 9.68. The summed E-state index contributed by atoms with van der Waals surface area (Å²) in [6, 6.07) is 9.84. The summed E-state index contributed by atoms with van der Waals surface area (Å²) < 4.78 is 18.9. The molecule has 3 fully saturated rings. The largest absolute Gasteiger partial charge is 0.417 e. The Balaban J connectivity index is 1.56. The van der Waals surface area contributed by atoms with Crippen LogP contribution in [-0.2, 0) is 18.7 Å². The molecule has 2 bridgehead atoms. The highest BCUT2D eigenvalue weighted by Gasteiger charge is 2.63. The molecule has 2 saturated carbocycles. The Kier molecular flexibility index (Phi) is 7.04. The molecular weight excluding hydrogens is 456 g/mol. The molecule has 0 amide bonds. The first-order chi connectivity index (χ1) is 16.2. The summed E-state index contributed by atoms with van der Waals surface area (Å²) in [5.41, 5.74) is -1.00. The second-order valence-corrected chi connectivity index (χ2v) is 17.8.